The Labute approximate surface area is 140 Å². The number of piperazine rings is 1. The largest absolute Gasteiger partial charge is 0.326 e. The number of nitrogens with zero attached hydrogens (tertiary/aromatic N) is 2. The molecule has 1 aliphatic rings. The normalized spacial score (nSPS) is 17.2. The number of hydrogen-bond acceptors (Lipinski definition) is 3. The average Bonchev–Trinajstić information content (AvgIpc) is 2.56. The van der Waals surface area contributed by atoms with Gasteiger partial charge in [-0.3, -0.25) is 4.90 Å². The van der Waals surface area contributed by atoms with E-state index >= 15 is 0 Å². The second kappa shape index (κ2) is 7.59. The highest BCUT2D eigenvalue weighted by atomic mass is 32.2. The fourth-order valence-electron chi connectivity index (χ4n) is 3.08. The zero-order chi connectivity index (χ0) is 17.0. The van der Waals surface area contributed by atoms with Gasteiger partial charge in [0.15, 0.2) is 0 Å². The molecule has 0 unspecified atom stereocenters. The van der Waals surface area contributed by atoms with Crippen LogP contribution in [-0.2, 0) is 10.0 Å². The SMILES string of the molecule is CCN(CC)S(=O)(=O)c1ccc(N2CC[NH+](C(C)C)CC2)[nH+]c1. The smallest absolute Gasteiger partial charge is 0.274 e. The average molecular weight is 343 g/mol. The van der Waals surface area contributed by atoms with E-state index < -0.39 is 10.0 Å². The fraction of sp³-hybridized carbons (Fsp3) is 0.688. The van der Waals surface area contributed by atoms with Crippen LogP contribution in [0, 0.1) is 0 Å². The Balaban J connectivity index is 2.09. The molecular weight excluding hydrogens is 312 g/mol. The Morgan fingerprint density at radius 2 is 1.83 bits per heavy atom. The molecule has 6 nitrogen and oxygen atoms in total. The molecule has 0 spiro atoms. The first-order chi connectivity index (χ1) is 10.9. The molecule has 2 N–H and O–H groups in total. The van der Waals surface area contributed by atoms with Gasteiger partial charge in [0.25, 0.3) is 5.82 Å². The molecule has 2 heterocycles. The lowest BCUT2D eigenvalue weighted by molar-refractivity contribution is -0.922. The van der Waals surface area contributed by atoms with Gasteiger partial charge in [0, 0.05) is 19.2 Å². The van der Waals surface area contributed by atoms with Crippen LogP contribution in [0.15, 0.2) is 23.2 Å². The lowest BCUT2D eigenvalue weighted by atomic mass is 10.2. The zero-order valence-corrected chi connectivity index (χ0v) is 15.5. The lowest BCUT2D eigenvalue weighted by Gasteiger charge is -2.30. The maximum Gasteiger partial charge on any atom is 0.274 e. The van der Waals surface area contributed by atoms with Gasteiger partial charge in [-0.15, -0.1) is 0 Å². The van der Waals surface area contributed by atoms with Crippen LogP contribution in [0.1, 0.15) is 27.7 Å². The monoisotopic (exact) mass is 342 g/mol. The van der Waals surface area contributed by atoms with E-state index in [9.17, 15) is 8.42 Å². The van der Waals surface area contributed by atoms with E-state index in [2.05, 4.69) is 23.7 Å². The van der Waals surface area contributed by atoms with Crippen LogP contribution < -0.4 is 14.8 Å². The zero-order valence-electron chi connectivity index (χ0n) is 14.7. The van der Waals surface area contributed by atoms with Crippen LogP contribution in [-0.4, -0.2) is 58.0 Å². The van der Waals surface area contributed by atoms with Crippen LogP contribution in [0.2, 0.25) is 0 Å². The van der Waals surface area contributed by atoms with E-state index in [1.807, 2.05) is 19.9 Å². The molecule has 130 valence electrons. The topological polar surface area (TPSA) is 59.2 Å². The highest BCUT2D eigenvalue weighted by Gasteiger charge is 2.28. The quantitative estimate of drug-likeness (QED) is 0.768. The Kier molecular flexibility index (Phi) is 6.00. The molecule has 1 aromatic rings. The molecule has 0 amide bonds. The first-order valence-corrected chi connectivity index (χ1v) is 9.95. The second-order valence-electron chi connectivity index (χ2n) is 6.30. The third kappa shape index (κ3) is 4.02. The predicted molar refractivity (Wildman–Crippen MR) is 91.2 cm³/mol. The van der Waals surface area contributed by atoms with E-state index in [-0.39, 0.29) is 0 Å². The standard InChI is InChI=1S/C16H28N4O2S/c1-5-20(6-2)23(21,22)15-7-8-16(17-13-15)19-11-9-18(10-12-19)14(3)4/h7-8,13-14H,5-6,9-12H2,1-4H3/p+2. The molecular formula is C16H30N4O2S+2. The van der Waals surface area contributed by atoms with Crippen LogP contribution >= 0.6 is 0 Å². The first-order valence-electron chi connectivity index (χ1n) is 8.51. The number of rotatable bonds is 6. The van der Waals surface area contributed by atoms with E-state index in [1.54, 1.807) is 17.2 Å². The molecule has 0 aliphatic carbocycles. The van der Waals surface area contributed by atoms with Crippen molar-refractivity contribution >= 4 is 15.8 Å². The number of anilines is 1. The van der Waals surface area contributed by atoms with Gasteiger partial charge in [-0.2, -0.15) is 4.31 Å². The highest BCUT2D eigenvalue weighted by molar-refractivity contribution is 7.89. The molecule has 0 aromatic carbocycles. The van der Waals surface area contributed by atoms with Gasteiger partial charge in [0.2, 0.25) is 10.0 Å². The molecule has 1 fully saturated rings. The van der Waals surface area contributed by atoms with Gasteiger partial charge >= 0.3 is 0 Å². The third-order valence-corrected chi connectivity index (χ3v) is 6.72. The Hall–Kier alpha value is -1.18. The van der Waals surface area contributed by atoms with Gasteiger partial charge in [-0.1, -0.05) is 13.8 Å². The number of hydrogen-bond donors (Lipinski definition) is 1. The summed E-state index contributed by atoms with van der Waals surface area (Å²) in [5.74, 6) is 0.992. The van der Waals surface area contributed by atoms with Crippen molar-refractivity contribution in [3.05, 3.63) is 18.3 Å². The van der Waals surface area contributed by atoms with E-state index in [0.717, 1.165) is 32.0 Å². The summed E-state index contributed by atoms with van der Waals surface area (Å²) in [5, 5.41) is 0. The van der Waals surface area contributed by atoms with Gasteiger partial charge in [0.05, 0.1) is 6.04 Å². The van der Waals surface area contributed by atoms with Crippen LogP contribution in [0.5, 0.6) is 0 Å². The van der Waals surface area contributed by atoms with Crippen molar-refractivity contribution in [3.8, 4) is 0 Å². The molecule has 0 saturated carbocycles. The summed E-state index contributed by atoms with van der Waals surface area (Å²) < 4.78 is 26.5. The highest BCUT2D eigenvalue weighted by Crippen LogP contribution is 2.15. The Bertz CT molecular complexity index is 589. The molecule has 7 heteroatoms. The number of nitrogens with one attached hydrogen (secondary N) is 2. The lowest BCUT2D eigenvalue weighted by Crippen LogP contribution is -3.17. The number of sulfonamides is 1. The van der Waals surface area contributed by atoms with Gasteiger partial charge in [-0.25, -0.2) is 13.4 Å². The summed E-state index contributed by atoms with van der Waals surface area (Å²) >= 11 is 0. The summed E-state index contributed by atoms with van der Waals surface area (Å²) in [4.78, 5) is 7.42. The summed E-state index contributed by atoms with van der Waals surface area (Å²) in [6, 6.07) is 4.25. The minimum Gasteiger partial charge on any atom is -0.326 e. The number of pyridine rings is 1. The first kappa shape index (κ1) is 18.2. The van der Waals surface area contributed by atoms with Gasteiger partial charge in [-0.05, 0) is 19.9 Å². The molecule has 0 atom stereocenters. The van der Waals surface area contributed by atoms with Crippen molar-refractivity contribution in [3.63, 3.8) is 0 Å². The van der Waals surface area contributed by atoms with Crippen molar-refractivity contribution in [1.82, 2.24) is 4.31 Å². The molecule has 1 saturated heterocycles. The molecule has 1 aromatic heterocycles. The predicted octanol–water partition coefficient (Wildman–Crippen LogP) is -0.355. The summed E-state index contributed by atoms with van der Waals surface area (Å²) in [6.07, 6.45) is 1.62. The second-order valence-corrected chi connectivity index (χ2v) is 8.24. The summed E-state index contributed by atoms with van der Waals surface area (Å²) in [5.41, 5.74) is 0. The molecule has 2 rings (SSSR count). The fourth-order valence-corrected chi connectivity index (χ4v) is 4.51. The minimum absolute atomic E-state index is 0.330. The minimum atomic E-state index is -3.39. The van der Waals surface area contributed by atoms with Crippen molar-refractivity contribution in [2.45, 2.75) is 38.6 Å². The van der Waals surface area contributed by atoms with E-state index in [1.165, 1.54) is 4.31 Å². The molecule has 23 heavy (non-hydrogen) atoms. The van der Waals surface area contributed by atoms with E-state index in [0.29, 0.717) is 24.0 Å². The molecule has 0 bridgehead atoms. The summed E-state index contributed by atoms with van der Waals surface area (Å²) in [6.45, 7) is 13.4. The number of aromatic amines is 1. The Morgan fingerprint density at radius 1 is 1.22 bits per heavy atom. The van der Waals surface area contributed by atoms with Gasteiger partial charge < -0.3 is 4.90 Å². The van der Waals surface area contributed by atoms with Crippen LogP contribution in [0.4, 0.5) is 5.82 Å². The van der Waals surface area contributed by atoms with Crippen molar-refractivity contribution in [2.75, 3.05) is 44.2 Å². The number of aromatic nitrogens is 1. The van der Waals surface area contributed by atoms with Crippen LogP contribution in [0.25, 0.3) is 0 Å². The molecule has 1 aliphatic heterocycles. The maximum absolute atomic E-state index is 12.5. The van der Waals surface area contributed by atoms with Crippen LogP contribution in [0.3, 0.4) is 0 Å². The Morgan fingerprint density at radius 3 is 2.26 bits per heavy atom. The van der Waals surface area contributed by atoms with Crippen molar-refractivity contribution in [2.24, 2.45) is 0 Å². The summed E-state index contributed by atoms with van der Waals surface area (Å²) in [7, 11) is -3.39. The van der Waals surface area contributed by atoms with Gasteiger partial charge in [0.1, 0.15) is 37.3 Å². The molecule has 0 radical (unpaired) electrons. The van der Waals surface area contributed by atoms with Crippen molar-refractivity contribution in [1.29, 1.82) is 0 Å². The van der Waals surface area contributed by atoms with E-state index in [4.69, 9.17) is 0 Å². The third-order valence-electron chi connectivity index (χ3n) is 4.67. The van der Waals surface area contributed by atoms with Crippen molar-refractivity contribution < 1.29 is 18.3 Å². The number of quaternary nitrogens is 1. The maximum atomic E-state index is 12.5. The number of H-pyrrole nitrogens is 1.